The van der Waals surface area contributed by atoms with E-state index < -0.39 is 0 Å². The summed E-state index contributed by atoms with van der Waals surface area (Å²) in [5.41, 5.74) is 8.01. The number of nitrogens with zero attached hydrogens (tertiary/aromatic N) is 2. The van der Waals surface area contributed by atoms with Crippen LogP contribution in [0.15, 0.2) is 53.6 Å². The fourth-order valence-electron chi connectivity index (χ4n) is 2.35. The van der Waals surface area contributed by atoms with Crippen LogP contribution in [0.25, 0.3) is 10.9 Å². The first-order valence-electron chi connectivity index (χ1n) is 7.08. The van der Waals surface area contributed by atoms with Crippen molar-refractivity contribution in [2.45, 2.75) is 13.8 Å². The topological polar surface area (TPSA) is 57.5 Å². The summed E-state index contributed by atoms with van der Waals surface area (Å²) in [5, 5.41) is 14.6. The Kier molecular flexibility index (Phi) is 3.74. The van der Waals surface area contributed by atoms with Crippen molar-refractivity contribution >= 4 is 22.8 Å². The van der Waals surface area contributed by atoms with Crippen molar-refractivity contribution in [2.75, 3.05) is 5.43 Å². The molecule has 0 fully saturated rings. The molecule has 4 heteroatoms. The maximum atomic E-state index is 9.27. The molecule has 3 aromatic rings. The minimum absolute atomic E-state index is 0.247. The number of nitrogens with one attached hydrogen (secondary N) is 1. The van der Waals surface area contributed by atoms with Gasteiger partial charge in [0.25, 0.3) is 0 Å². The molecule has 0 spiro atoms. The fraction of sp³-hybridized carbons (Fsp3) is 0.111. The molecule has 0 amide bonds. The van der Waals surface area contributed by atoms with E-state index >= 15 is 0 Å². The van der Waals surface area contributed by atoms with Crippen molar-refractivity contribution in [3.05, 3.63) is 65.4 Å². The quantitative estimate of drug-likeness (QED) is 0.566. The van der Waals surface area contributed by atoms with E-state index in [0.717, 1.165) is 33.4 Å². The molecule has 0 saturated carbocycles. The van der Waals surface area contributed by atoms with Crippen molar-refractivity contribution < 1.29 is 5.11 Å². The van der Waals surface area contributed by atoms with Gasteiger partial charge in [0.05, 0.1) is 17.4 Å². The van der Waals surface area contributed by atoms with Gasteiger partial charge in [-0.2, -0.15) is 5.10 Å². The molecule has 110 valence electrons. The molecule has 0 aliphatic rings. The molecule has 1 aromatic heterocycles. The van der Waals surface area contributed by atoms with Gasteiger partial charge in [0.1, 0.15) is 5.75 Å². The normalized spacial score (nSPS) is 11.2. The van der Waals surface area contributed by atoms with Crippen molar-refractivity contribution in [3.63, 3.8) is 0 Å². The van der Waals surface area contributed by atoms with Crippen LogP contribution in [0.3, 0.4) is 0 Å². The summed E-state index contributed by atoms with van der Waals surface area (Å²) in [5.74, 6) is 0.247. The first-order valence-corrected chi connectivity index (χ1v) is 7.08. The number of hydrogen-bond acceptors (Lipinski definition) is 4. The predicted octanol–water partition coefficient (Wildman–Crippen LogP) is 4.00. The molecule has 2 aromatic carbocycles. The minimum Gasteiger partial charge on any atom is -0.508 e. The second kappa shape index (κ2) is 5.85. The fourth-order valence-corrected chi connectivity index (χ4v) is 2.35. The van der Waals surface area contributed by atoms with Crippen LogP contribution in [-0.4, -0.2) is 16.3 Å². The lowest BCUT2D eigenvalue weighted by molar-refractivity contribution is 0.475. The van der Waals surface area contributed by atoms with E-state index in [1.54, 1.807) is 30.5 Å². The Hall–Kier alpha value is -2.88. The lowest BCUT2D eigenvalue weighted by Crippen LogP contribution is -1.95. The van der Waals surface area contributed by atoms with E-state index in [2.05, 4.69) is 28.5 Å². The largest absolute Gasteiger partial charge is 0.508 e. The van der Waals surface area contributed by atoms with Gasteiger partial charge in [0.15, 0.2) is 0 Å². The molecule has 0 unspecified atom stereocenters. The molecule has 0 aliphatic heterocycles. The van der Waals surface area contributed by atoms with Crippen LogP contribution in [0.4, 0.5) is 5.69 Å². The van der Waals surface area contributed by atoms with Crippen molar-refractivity contribution in [1.29, 1.82) is 0 Å². The summed E-state index contributed by atoms with van der Waals surface area (Å²) in [6, 6.07) is 15.0. The SMILES string of the molecule is Cc1cc(N/N=C\c2ccc(O)cc2)c2cccc(C)c2n1. The van der Waals surface area contributed by atoms with Crippen LogP contribution in [-0.2, 0) is 0 Å². The number of pyridine rings is 1. The number of fused-ring (bicyclic) bond motifs is 1. The molecule has 1 heterocycles. The number of aryl methyl sites for hydroxylation is 2. The number of hydrogen-bond donors (Lipinski definition) is 2. The van der Waals surface area contributed by atoms with Crippen LogP contribution in [0.5, 0.6) is 5.75 Å². The van der Waals surface area contributed by atoms with Gasteiger partial charge in [0, 0.05) is 11.1 Å². The van der Waals surface area contributed by atoms with E-state index in [4.69, 9.17) is 0 Å². The van der Waals surface area contributed by atoms with E-state index in [-0.39, 0.29) is 5.75 Å². The maximum absolute atomic E-state index is 9.27. The smallest absolute Gasteiger partial charge is 0.115 e. The molecular formula is C18H17N3O. The number of rotatable bonds is 3. The highest BCUT2D eigenvalue weighted by Crippen LogP contribution is 2.25. The second-order valence-corrected chi connectivity index (χ2v) is 5.24. The Morgan fingerprint density at radius 1 is 1.09 bits per heavy atom. The number of phenols is 1. The van der Waals surface area contributed by atoms with E-state index in [9.17, 15) is 5.11 Å². The molecule has 2 N–H and O–H groups in total. The van der Waals surface area contributed by atoms with Gasteiger partial charge in [-0.3, -0.25) is 10.4 Å². The second-order valence-electron chi connectivity index (χ2n) is 5.24. The number of phenolic OH excluding ortho intramolecular Hbond substituents is 1. The summed E-state index contributed by atoms with van der Waals surface area (Å²) in [7, 11) is 0. The van der Waals surface area contributed by atoms with Crippen LogP contribution in [0.2, 0.25) is 0 Å². The van der Waals surface area contributed by atoms with Crippen molar-refractivity contribution in [3.8, 4) is 5.75 Å². The average molecular weight is 291 g/mol. The van der Waals surface area contributed by atoms with Gasteiger partial charge < -0.3 is 5.11 Å². The van der Waals surface area contributed by atoms with Crippen LogP contribution >= 0.6 is 0 Å². The number of para-hydroxylation sites is 1. The zero-order valence-corrected chi connectivity index (χ0v) is 12.5. The van der Waals surface area contributed by atoms with Gasteiger partial charge in [0.2, 0.25) is 0 Å². The highest BCUT2D eigenvalue weighted by atomic mass is 16.3. The highest BCUT2D eigenvalue weighted by molar-refractivity contribution is 5.93. The molecule has 22 heavy (non-hydrogen) atoms. The number of hydrazone groups is 1. The standard InChI is InChI=1S/C18H17N3O/c1-12-4-3-5-16-17(10-13(2)20-18(12)16)21-19-11-14-6-8-15(22)9-7-14/h3-11,22H,1-2H3,(H,20,21)/b19-11-. The predicted molar refractivity (Wildman–Crippen MR) is 90.5 cm³/mol. The summed E-state index contributed by atoms with van der Waals surface area (Å²) < 4.78 is 0. The molecule has 0 aliphatic carbocycles. The van der Waals surface area contributed by atoms with E-state index in [0.29, 0.717) is 0 Å². The van der Waals surface area contributed by atoms with Gasteiger partial charge in [-0.25, -0.2) is 0 Å². The monoisotopic (exact) mass is 291 g/mol. The third kappa shape index (κ3) is 2.91. The minimum atomic E-state index is 0.247. The number of benzene rings is 2. The number of anilines is 1. The third-order valence-electron chi connectivity index (χ3n) is 3.46. The molecule has 0 radical (unpaired) electrons. The van der Waals surface area contributed by atoms with Crippen molar-refractivity contribution in [1.82, 2.24) is 4.98 Å². The van der Waals surface area contributed by atoms with Crippen LogP contribution < -0.4 is 5.43 Å². The summed E-state index contributed by atoms with van der Waals surface area (Å²) in [4.78, 5) is 4.59. The Morgan fingerprint density at radius 3 is 2.64 bits per heavy atom. The van der Waals surface area contributed by atoms with Crippen LogP contribution in [0.1, 0.15) is 16.8 Å². The Morgan fingerprint density at radius 2 is 1.86 bits per heavy atom. The zero-order chi connectivity index (χ0) is 15.5. The van der Waals surface area contributed by atoms with Gasteiger partial charge in [-0.05, 0) is 55.3 Å². The molecule has 3 rings (SSSR count). The molecule has 0 bridgehead atoms. The average Bonchev–Trinajstić information content (AvgIpc) is 2.50. The van der Waals surface area contributed by atoms with E-state index in [1.165, 1.54) is 0 Å². The molecular weight excluding hydrogens is 274 g/mol. The molecule has 4 nitrogen and oxygen atoms in total. The Balaban J connectivity index is 1.90. The van der Waals surface area contributed by atoms with Gasteiger partial charge in [-0.15, -0.1) is 0 Å². The van der Waals surface area contributed by atoms with Gasteiger partial charge >= 0.3 is 0 Å². The summed E-state index contributed by atoms with van der Waals surface area (Å²) in [6.07, 6.45) is 1.72. The van der Waals surface area contributed by atoms with E-state index in [1.807, 2.05) is 25.1 Å². The Bertz CT molecular complexity index is 839. The molecule has 0 atom stereocenters. The van der Waals surface area contributed by atoms with Crippen LogP contribution in [0, 0.1) is 13.8 Å². The lowest BCUT2D eigenvalue weighted by atomic mass is 10.1. The summed E-state index contributed by atoms with van der Waals surface area (Å²) in [6.45, 7) is 4.03. The first-order chi connectivity index (χ1) is 10.6. The maximum Gasteiger partial charge on any atom is 0.115 e. The molecule has 0 saturated heterocycles. The lowest BCUT2D eigenvalue weighted by Gasteiger charge is -2.08. The highest BCUT2D eigenvalue weighted by Gasteiger charge is 2.05. The Labute approximate surface area is 129 Å². The van der Waals surface area contributed by atoms with Gasteiger partial charge in [-0.1, -0.05) is 18.2 Å². The summed E-state index contributed by atoms with van der Waals surface area (Å²) >= 11 is 0. The number of aromatic nitrogens is 1. The third-order valence-corrected chi connectivity index (χ3v) is 3.46. The van der Waals surface area contributed by atoms with Crippen molar-refractivity contribution in [2.24, 2.45) is 5.10 Å². The zero-order valence-electron chi connectivity index (χ0n) is 12.5. The number of aromatic hydroxyl groups is 1. The first kappa shape index (κ1) is 14.1.